The highest BCUT2D eigenvalue weighted by atomic mass is 79.9. The molecule has 1 aliphatic rings. The molecule has 0 unspecified atom stereocenters. The molecule has 0 saturated heterocycles. The Balaban J connectivity index is 1.60. The minimum absolute atomic E-state index is 0.0857. The summed E-state index contributed by atoms with van der Waals surface area (Å²) in [6.07, 6.45) is 5.57. The summed E-state index contributed by atoms with van der Waals surface area (Å²) in [7, 11) is 1.74. The Labute approximate surface area is 179 Å². The van der Waals surface area contributed by atoms with Crippen LogP contribution in [0.4, 0.5) is 0 Å². The van der Waals surface area contributed by atoms with E-state index in [-0.39, 0.29) is 5.56 Å². The third-order valence-electron chi connectivity index (χ3n) is 5.11. The normalized spacial score (nSPS) is 13.8. The van der Waals surface area contributed by atoms with Gasteiger partial charge in [0.25, 0.3) is 17.4 Å². The van der Waals surface area contributed by atoms with Crippen LogP contribution >= 0.6 is 27.3 Å². The molecular formula is C19H20BrN5O3S. The maximum atomic E-state index is 13.0. The molecule has 0 aromatic carbocycles. The van der Waals surface area contributed by atoms with Gasteiger partial charge in [0.15, 0.2) is 0 Å². The number of carbonyl (C=O) groups is 2. The predicted molar refractivity (Wildman–Crippen MR) is 114 cm³/mol. The Morgan fingerprint density at radius 3 is 2.69 bits per heavy atom. The molecule has 0 radical (unpaired) electrons. The minimum atomic E-state index is -0.466. The fraction of sp³-hybridized carbons (Fsp3) is 0.368. The Bertz CT molecular complexity index is 1190. The third-order valence-corrected chi connectivity index (χ3v) is 6.73. The Morgan fingerprint density at radius 1 is 1.21 bits per heavy atom. The molecular weight excluding hydrogens is 458 g/mol. The SMILES string of the molecule is Cc1c(C(=O)NNC(=O)c2cc(Br)cn2C)sc2nc3n(c(=O)c12)CCCCC3. The number of nitrogens with zero attached hydrogens (tertiary/aromatic N) is 3. The number of hydrogen-bond acceptors (Lipinski definition) is 5. The molecule has 4 heterocycles. The number of fused-ring (bicyclic) bond motifs is 2. The van der Waals surface area contributed by atoms with Crippen molar-refractivity contribution in [3.8, 4) is 0 Å². The number of nitrogens with one attached hydrogen (secondary N) is 2. The monoisotopic (exact) mass is 477 g/mol. The van der Waals surface area contributed by atoms with Crippen molar-refractivity contribution in [2.45, 2.75) is 39.2 Å². The van der Waals surface area contributed by atoms with Crippen molar-refractivity contribution < 1.29 is 9.59 Å². The molecule has 0 aliphatic carbocycles. The fourth-order valence-electron chi connectivity index (χ4n) is 3.61. The quantitative estimate of drug-likeness (QED) is 0.554. The second-order valence-corrected chi connectivity index (χ2v) is 9.01. The van der Waals surface area contributed by atoms with Crippen LogP contribution in [0.15, 0.2) is 21.5 Å². The molecule has 4 rings (SSSR count). The van der Waals surface area contributed by atoms with Crippen molar-refractivity contribution in [3.63, 3.8) is 0 Å². The van der Waals surface area contributed by atoms with Crippen molar-refractivity contribution in [3.05, 3.63) is 49.0 Å². The van der Waals surface area contributed by atoms with Crippen molar-refractivity contribution in [1.82, 2.24) is 25.0 Å². The topological polar surface area (TPSA) is 98.0 Å². The molecule has 3 aromatic rings. The molecule has 0 spiro atoms. The summed E-state index contributed by atoms with van der Waals surface area (Å²) in [5.41, 5.74) is 5.77. The van der Waals surface area contributed by atoms with E-state index >= 15 is 0 Å². The number of rotatable bonds is 2. The minimum Gasteiger partial charge on any atom is -0.345 e. The molecule has 2 amide bonds. The van der Waals surface area contributed by atoms with Crippen LogP contribution in [0.5, 0.6) is 0 Å². The zero-order valence-electron chi connectivity index (χ0n) is 16.0. The number of thiophene rings is 1. The average Bonchev–Trinajstić information content (AvgIpc) is 3.08. The number of amides is 2. The summed E-state index contributed by atoms with van der Waals surface area (Å²) in [5, 5.41) is 0.489. The lowest BCUT2D eigenvalue weighted by molar-refractivity contribution is 0.0844. The number of halogens is 1. The Kier molecular flexibility index (Phi) is 5.30. The second-order valence-electron chi connectivity index (χ2n) is 7.09. The van der Waals surface area contributed by atoms with E-state index < -0.39 is 11.8 Å². The van der Waals surface area contributed by atoms with Crippen LogP contribution in [0.2, 0.25) is 0 Å². The van der Waals surface area contributed by atoms with Gasteiger partial charge in [-0.25, -0.2) is 4.98 Å². The summed E-state index contributed by atoms with van der Waals surface area (Å²) < 4.78 is 4.16. The number of hydrazine groups is 1. The molecule has 8 nitrogen and oxygen atoms in total. The average molecular weight is 478 g/mol. The van der Waals surface area contributed by atoms with Crippen molar-refractivity contribution in [2.75, 3.05) is 0 Å². The van der Waals surface area contributed by atoms with Gasteiger partial charge in [0, 0.05) is 30.7 Å². The zero-order valence-corrected chi connectivity index (χ0v) is 18.4. The van der Waals surface area contributed by atoms with Crippen LogP contribution in [0.1, 0.15) is 50.8 Å². The lowest BCUT2D eigenvalue weighted by Crippen LogP contribution is -2.42. The standard InChI is InChI=1S/C19H20BrN5O3S/c1-10-14-18(21-13-6-4-3-5-7-25(13)19(14)28)29-15(10)17(27)23-22-16(26)12-8-11(20)9-24(12)2/h8-9H,3-7H2,1-2H3,(H,22,26)(H,23,27). The Morgan fingerprint density at radius 2 is 1.97 bits per heavy atom. The summed E-state index contributed by atoms with van der Waals surface area (Å²) in [5.74, 6) is -0.113. The maximum Gasteiger partial charge on any atom is 0.286 e. The van der Waals surface area contributed by atoms with Gasteiger partial charge in [0.2, 0.25) is 0 Å². The molecule has 3 aromatic heterocycles. The van der Waals surface area contributed by atoms with Crippen LogP contribution in [0, 0.1) is 6.92 Å². The molecule has 1 aliphatic heterocycles. The third kappa shape index (κ3) is 3.62. The van der Waals surface area contributed by atoms with E-state index in [1.165, 1.54) is 11.3 Å². The van der Waals surface area contributed by atoms with Gasteiger partial charge in [-0.2, -0.15) is 0 Å². The van der Waals surface area contributed by atoms with Gasteiger partial charge in [-0.05, 0) is 47.3 Å². The van der Waals surface area contributed by atoms with Gasteiger partial charge in [0.1, 0.15) is 16.3 Å². The smallest absolute Gasteiger partial charge is 0.286 e. The highest BCUT2D eigenvalue weighted by Crippen LogP contribution is 2.28. The van der Waals surface area contributed by atoms with Gasteiger partial charge in [0.05, 0.1) is 10.3 Å². The van der Waals surface area contributed by atoms with E-state index in [2.05, 4.69) is 31.8 Å². The molecule has 2 N–H and O–H groups in total. The summed E-state index contributed by atoms with van der Waals surface area (Å²) in [6, 6.07) is 1.66. The second kappa shape index (κ2) is 7.75. The van der Waals surface area contributed by atoms with E-state index in [1.54, 1.807) is 35.4 Å². The van der Waals surface area contributed by atoms with E-state index in [4.69, 9.17) is 0 Å². The molecule has 0 fully saturated rings. The first kappa shape index (κ1) is 19.8. The first-order valence-electron chi connectivity index (χ1n) is 9.32. The number of aromatic nitrogens is 3. The van der Waals surface area contributed by atoms with Gasteiger partial charge in [-0.15, -0.1) is 11.3 Å². The van der Waals surface area contributed by atoms with E-state index in [0.29, 0.717) is 32.9 Å². The van der Waals surface area contributed by atoms with Crippen LogP contribution in [0.25, 0.3) is 10.2 Å². The largest absolute Gasteiger partial charge is 0.345 e. The van der Waals surface area contributed by atoms with E-state index in [9.17, 15) is 14.4 Å². The molecule has 0 atom stereocenters. The Hall–Kier alpha value is -2.46. The van der Waals surface area contributed by atoms with Crippen LogP contribution in [-0.4, -0.2) is 25.9 Å². The summed E-state index contributed by atoms with van der Waals surface area (Å²) in [4.78, 5) is 43.6. The van der Waals surface area contributed by atoms with Crippen LogP contribution < -0.4 is 16.4 Å². The van der Waals surface area contributed by atoms with Crippen molar-refractivity contribution in [2.24, 2.45) is 7.05 Å². The highest BCUT2D eigenvalue weighted by Gasteiger charge is 2.23. The number of hydrogen-bond donors (Lipinski definition) is 2. The van der Waals surface area contributed by atoms with Gasteiger partial charge in [-0.1, -0.05) is 6.42 Å². The number of carbonyl (C=O) groups excluding carboxylic acids is 2. The maximum absolute atomic E-state index is 13.0. The first-order valence-corrected chi connectivity index (χ1v) is 10.9. The van der Waals surface area contributed by atoms with Crippen molar-refractivity contribution in [1.29, 1.82) is 0 Å². The van der Waals surface area contributed by atoms with Gasteiger partial charge >= 0.3 is 0 Å². The molecule has 0 saturated carbocycles. The van der Waals surface area contributed by atoms with Gasteiger partial charge < -0.3 is 4.57 Å². The lowest BCUT2D eigenvalue weighted by Gasteiger charge is -2.08. The molecule has 152 valence electrons. The molecule has 29 heavy (non-hydrogen) atoms. The van der Waals surface area contributed by atoms with Crippen molar-refractivity contribution >= 4 is 49.3 Å². The molecule has 10 heteroatoms. The fourth-order valence-corrected chi connectivity index (χ4v) is 5.22. The first-order chi connectivity index (χ1) is 13.9. The molecule has 0 bridgehead atoms. The van der Waals surface area contributed by atoms with E-state index in [0.717, 1.165) is 36.0 Å². The summed E-state index contributed by atoms with van der Waals surface area (Å²) in [6.45, 7) is 2.41. The highest BCUT2D eigenvalue weighted by molar-refractivity contribution is 9.10. The number of aryl methyl sites for hydroxylation is 3. The predicted octanol–water partition coefficient (Wildman–Crippen LogP) is 2.67. The van der Waals surface area contributed by atoms with Crippen LogP contribution in [0.3, 0.4) is 0 Å². The summed E-state index contributed by atoms with van der Waals surface area (Å²) >= 11 is 4.49. The zero-order chi connectivity index (χ0) is 20.7. The van der Waals surface area contributed by atoms with Gasteiger partial charge in [-0.3, -0.25) is 29.8 Å². The van der Waals surface area contributed by atoms with E-state index in [1.807, 2.05) is 0 Å². The lowest BCUT2D eigenvalue weighted by atomic mass is 10.2. The van der Waals surface area contributed by atoms with Crippen LogP contribution in [-0.2, 0) is 20.0 Å².